The second-order valence-corrected chi connectivity index (χ2v) is 7.41. The summed E-state index contributed by atoms with van der Waals surface area (Å²) >= 11 is 1.25. The number of ether oxygens (including phenoxy) is 1. The molecular formula is C13H18N4O3S2. The molecule has 2 rings (SSSR count). The maximum absolute atomic E-state index is 12.0. The van der Waals surface area contributed by atoms with E-state index in [1.807, 2.05) is 6.92 Å². The molecule has 3 N–H and O–H groups in total. The van der Waals surface area contributed by atoms with Crippen LogP contribution < -0.4 is 15.2 Å². The Morgan fingerprint density at radius 3 is 2.59 bits per heavy atom. The van der Waals surface area contributed by atoms with Crippen molar-refractivity contribution >= 4 is 26.5 Å². The second kappa shape index (κ2) is 7.52. The molecule has 7 nitrogen and oxygen atoms in total. The molecule has 1 heterocycles. The van der Waals surface area contributed by atoms with Crippen LogP contribution >= 0.6 is 11.3 Å². The van der Waals surface area contributed by atoms with Gasteiger partial charge in [-0.2, -0.15) is 0 Å². The normalized spacial score (nSPS) is 11.5. The third-order valence-electron chi connectivity index (χ3n) is 2.80. The van der Waals surface area contributed by atoms with Crippen molar-refractivity contribution in [2.75, 3.05) is 12.3 Å². The number of nitrogens with two attached hydrogens (primary N) is 1. The number of benzene rings is 1. The summed E-state index contributed by atoms with van der Waals surface area (Å²) in [6, 6.07) is 6.24. The molecule has 0 saturated heterocycles. The number of rotatable bonds is 8. The lowest BCUT2D eigenvalue weighted by atomic mass is 10.3. The summed E-state index contributed by atoms with van der Waals surface area (Å²) in [5, 5.41) is 8.58. The van der Waals surface area contributed by atoms with Crippen LogP contribution in [0.15, 0.2) is 29.2 Å². The molecule has 0 aliphatic rings. The maximum atomic E-state index is 12.0. The number of sulfonamides is 1. The van der Waals surface area contributed by atoms with Crippen molar-refractivity contribution in [1.29, 1.82) is 0 Å². The van der Waals surface area contributed by atoms with E-state index in [2.05, 4.69) is 14.9 Å². The molecule has 0 bridgehead atoms. The van der Waals surface area contributed by atoms with Crippen LogP contribution in [-0.2, 0) is 16.6 Å². The first-order valence-electron chi connectivity index (χ1n) is 6.81. The number of hydrogen-bond donors (Lipinski definition) is 2. The van der Waals surface area contributed by atoms with Crippen molar-refractivity contribution in [2.45, 2.75) is 31.3 Å². The van der Waals surface area contributed by atoms with Crippen LogP contribution in [0.1, 0.15) is 24.8 Å². The number of anilines is 1. The largest absolute Gasteiger partial charge is 0.486 e. The molecule has 1 aromatic carbocycles. The molecule has 9 heteroatoms. The molecule has 0 unspecified atom stereocenters. The molecule has 2 aromatic rings. The number of aromatic nitrogens is 2. The van der Waals surface area contributed by atoms with Gasteiger partial charge in [0.1, 0.15) is 12.4 Å². The van der Waals surface area contributed by atoms with E-state index in [-0.39, 0.29) is 11.5 Å². The van der Waals surface area contributed by atoms with Crippen molar-refractivity contribution in [3.8, 4) is 5.75 Å². The monoisotopic (exact) mass is 342 g/mol. The van der Waals surface area contributed by atoms with Crippen LogP contribution in [0.5, 0.6) is 5.75 Å². The lowest BCUT2D eigenvalue weighted by Crippen LogP contribution is -2.24. The van der Waals surface area contributed by atoms with Gasteiger partial charge in [0, 0.05) is 6.54 Å². The summed E-state index contributed by atoms with van der Waals surface area (Å²) in [6.45, 7) is 2.69. The van der Waals surface area contributed by atoms with Crippen LogP contribution in [-0.4, -0.2) is 25.2 Å². The molecule has 0 atom stereocenters. The van der Waals surface area contributed by atoms with Gasteiger partial charge in [-0.15, -0.1) is 10.2 Å². The van der Waals surface area contributed by atoms with Gasteiger partial charge in [-0.25, -0.2) is 13.1 Å². The third kappa shape index (κ3) is 4.65. The van der Waals surface area contributed by atoms with Gasteiger partial charge >= 0.3 is 0 Å². The lowest BCUT2D eigenvalue weighted by molar-refractivity contribution is 0.304. The predicted octanol–water partition coefficient (Wildman–Crippen LogP) is 1.78. The number of unbranched alkanes of at least 4 members (excludes halogenated alkanes) is 1. The van der Waals surface area contributed by atoms with Gasteiger partial charge in [-0.05, 0) is 30.7 Å². The summed E-state index contributed by atoms with van der Waals surface area (Å²) < 4.78 is 32.1. The topological polar surface area (TPSA) is 107 Å². The summed E-state index contributed by atoms with van der Waals surface area (Å²) in [5.74, 6) is 0.557. The van der Waals surface area contributed by atoms with E-state index < -0.39 is 10.0 Å². The Balaban J connectivity index is 1.94. The second-order valence-electron chi connectivity index (χ2n) is 4.55. The first-order chi connectivity index (χ1) is 10.5. The molecule has 0 amide bonds. The number of nitrogens with zero attached hydrogens (tertiary/aromatic N) is 2. The SMILES string of the molecule is CCCCNS(=O)(=O)c1ccc(OCc2nnc(N)s2)cc1. The summed E-state index contributed by atoms with van der Waals surface area (Å²) in [7, 11) is -3.46. The average molecular weight is 342 g/mol. The van der Waals surface area contributed by atoms with E-state index in [1.54, 1.807) is 12.1 Å². The summed E-state index contributed by atoms with van der Waals surface area (Å²) in [4.78, 5) is 0.219. The van der Waals surface area contributed by atoms with E-state index in [1.165, 1.54) is 23.5 Å². The summed E-state index contributed by atoms with van der Waals surface area (Å²) in [5.41, 5.74) is 5.48. The highest BCUT2D eigenvalue weighted by molar-refractivity contribution is 7.89. The van der Waals surface area contributed by atoms with Gasteiger partial charge in [0.05, 0.1) is 4.90 Å². The zero-order chi connectivity index (χ0) is 16.0. The van der Waals surface area contributed by atoms with E-state index in [0.29, 0.717) is 22.4 Å². The Kier molecular flexibility index (Phi) is 5.69. The Morgan fingerprint density at radius 1 is 1.27 bits per heavy atom. The maximum Gasteiger partial charge on any atom is 0.240 e. The van der Waals surface area contributed by atoms with Crippen molar-refractivity contribution < 1.29 is 13.2 Å². The van der Waals surface area contributed by atoms with Crippen molar-refractivity contribution in [3.05, 3.63) is 29.3 Å². The predicted molar refractivity (Wildman–Crippen MR) is 85.2 cm³/mol. The van der Waals surface area contributed by atoms with Gasteiger partial charge in [-0.1, -0.05) is 24.7 Å². The minimum Gasteiger partial charge on any atom is -0.486 e. The molecular weight excluding hydrogens is 324 g/mol. The molecule has 0 saturated carbocycles. The van der Waals surface area contributed by atoms with Gasteiger partial charge in [-0.3, -0.25) is 0 Å². The Hall–Kier alpha value is -1.71. The fourth-order valence-electron chi connectivity index (χ4n) is 1.65. The van der Waals surface area contributed by atoms with E-state index >= 15 is 0 Å². The molecule has 0 aliphatic heterocycles. The molecule has 120 valence electrons. The van der Waals surface area contributed by atoms with Gasteiger partial charge in [0.25, 0.3) is 0 Å². The van der Waals surface area contributed by atoms with Crippen LogP contribution in [0.4, 0.5) is 5.13 Å². The average Bonchev–Trinajstić information content (AvgIpc) is 2.91. The van der Waals surface area contributed by atoms with Gasteiger partial charge in [0.2, 0.25) is 15.2 Å². The van der Waals surface area contributed by atoms with E-state index in [0.717, 1.165) is 12.8 Å². The fourth-order valence-corrected chi connectivity index (χ4v) is 3.25. The molecule has 0 radical (unpaired) electrons. The minimum absolute atomic E-state index is 0.219. The Bertz CT molecular complexity index is 698. The van der Waals surface area contributed by atoms with E-state index in [9.17, 15) is 8.42 Å². The Morgan fingerprint density at radius 2 is 2.00 bits per heavy atom. The third-order valence-corrected chi connectivity index (χ3v) is 5.00. The molecule has 0 fully saturated rings. The standard InChI is InChI=1S/C13H18N4O3S2/c1-2-3-8-15-22(18,19)11-6-4-10(5-7-11)20-9-12-16-17-13(14)21-12/h4-7,15H,2-3,8-9H2,1H3,(H2,14,17). The highest BCUT2D eigenvalue weighted by Gasteiger charge is 2.13. The van der Waals surface area contributed by atoms with Crippen LogP contribution in [0.2, 0.25) is 0 Å². The number of nitrogen functional groups attached to an aromatic ring is 1. The number of nitrogens with one attached hydrogen (secondary N) is 1. The highest BCUT2D eigenvalue weighted by Crippen LogP contribution is 2.18. The Labute approximate surface area is 133 Å². The van der Waals surface area contributed by atoms with E-state index in [4.69, 9.17) is 10.5 Å². The highest BCUT2D eigenvalue weighted by atomic mass is 32.2. The van der Waals surface area contributed by atoms with Crippen LogP contribution in [0.25, 0.3) is 0 Å². The van der Waals surface area contributed by atoms with Gasteiger partial charge < -0.3 is 10.5 Å². The quantitative estimate of drug-likeness (QED) is 0.708. The van der Waals surface area contributed by atoms with Crippen LogP contribution in [0.3, 0.4) is 0 Å². The first kappa shape index (κ1) is 16.7. The zero-order valence-corrected chi connectivity index (χ0v) is 13.8. The van der Waals surface area contributed by atoms with Crippen LogP contribution in [0, 0.1) is 0 Å². The molecule has 0 spiro atoms. The first-order valence-corrected chi connectivity index (χ1v) is 9.11. The van der Waals surface area contributed by atoms with Gasteiger partial charge in [0.15, 0.2) is 5.01 Å². The zero-order valence-electron chi connectivity index (χ0n) is 12.2. The van der Waals surface area contributed by atoms with Crippen molar-refractivity contribution in [2.24, 2.45) is 0 Å². The minimum atomic E-state index is -3.46. The summed E-state index contributed by atoms with van der Waals surface area (Å²) in [6.07, 6.45) is 1.75. The van der Waals surface area contributed by atoms with Crippen molar-refractivity contribution in [1.82, 2.24) is 14.9 Å². The molecule has 22 heavy (non-hydrogen) atoms. The van der Waals surface area contributed by atoms with Crippen molar-refractivity contribution in [3.63, 3.8) is 0 Å². The molecule has 0 aliphatic carbocycles. The fraction of sp³-hybridized carbons (Fsp3) is 0.385. The smallest absolute Gasteiger partial charge is 0.240 e. The lowest BCUT2D eigenvalue weighted by Gasteiger charge is -2.07. The number of hydrogen-bond acceptors (Lipinski definition) is 7. The molecule has 1 aromatic heterocycles.